The van der Waals surface area contributed by atoms with E-state index in [1.54, 1.807) is 18.2 Å². The SMILES string of the molecule is CCCc1cc(=O)[nH]c(Sc2nc3cc(N)ccc3o2)n1. The van der Waals surface area contributed by atoms with Gasteiger partial charge in [0.2, 0.25) is 0 Å². The van der Waals surface area contributed by atoms with Crippen molar-refractivity contribution >= 4 is 28.5 Å². The molecule has 0 saturated carbocycles. The van der Waals surface area contributed by atoms with Crippen molar-refractivity contribution in [1.29, 1.82) is 0 Å². The van der Waals surface area contributed by atoms with Gasteiger partial charge in [-0.05, 0) is 24.6 Å². The van der Waals surface area contributed by atoms with Gasteiger partial charge in [0.15, 0.2) is 10.7 Å². The van der Waals surface area contributed by atoms with Gasteiger partial charge < -0.3 is 15.1 Å². The highest BCUT2D eigenvalue weighted by atomic mass is 32.2. The Kier molecular flexibility index (Phi) is 3.66. The monoisotopic (exact) mass is 302 g/mol. The van der Waals surface area contributed by atoms with Crippen LogP contribution in [0.4, 0.5) is 5.69 Å². The fraction of sp³-hybridized carbons (Fsp3) is 0.214. The van der Waals surface area contributed by atoms with Crippen LogP contribution in [0.15, 0.2) is 43.9 Å². The largest absolute Gasteiger partial charge is 0.431 e. The Hall–Kier alpha value is -2.28. The Morgan fingerprint density at radius 3 is 3.00 bits per heavy atom. The zero-order valence-electron chi connectivity index (χ0n) is 11.4. The van der Waals surface area contributed by atoms with Crippen LogP contribution in [-0.2, 0) is 6.42 Å². The Morgan fingerprint density at radius 2 is 2.19 bits per heavy atom. The number of benzene rings is 1. The van der Waals surface area contributed by atoms with Crippen LogP contribution in [0.1, 0.15) is 19.0 Å². The van der Waals surface area contributed by atoms with Crippen molar-refractivity contribution in [3.63, 3.8) is 0 Å². The van der Waals surface area contributed by atoms with Gasteiger partial charge in [-0.25, -0.2) is 9.97 Å². The van der Waals surface area contributed by atoms with Gasteiger partial charge in [-0.3, -0.25) is 4.79 Å². The molecule has 0 spiro atoms. The van der Waals surface area contributed by atoms with E-state index < -0.39 is 0 Å². The first-order valence-electron chi connectivity index (χ1n) is 6.58. The van der Waals surface area contributed by atoms with Crippen LogP contribution in [0.25, 0.3) is 11.1 Å². The maximum absolute atomic E-state index is 11.6. The van der Waals surface area contributed by atoms with E-state index in [1.165, 1.54) is 17.8 Å². The molecule has 6 nitrogen and oxygen atoms in total. The molecule has 7 heteroatoms. The molecule has 0 amide bonds. The third kappa shape index (κ3) is 3.08. The molecule has 3 N–H and O–H groups in total. The molecule has 0 unspecified atom stereocenters. The van der Waals surface area contributed by atoms with Crippen LogP contribution in [0.3, 0.4) is 0 Å². The molecular weight excluding hydrogens is 288 g/mol. The average molecular weight is 302 g/mol. The number of anilines is 1. The fourth-order valence-electron chi connectivity index (χ4n) is 1.97. The van der Waals surface area contributed by atoms with Gasteiger partial charge in [-0.2, -0.15) is 0 Å². The predicted molar refractivity (Wildman–Crippen MR) is 81.4 cm³/mol. The molecule has 0 aliphatic heterocycles. The third-order valence-corrected chi connectivity index (χ3v) is 3.59. The van der Waals surface area contributed by atoms with Crippen LogP contribution in [0, 0.1) is 0 Å². The number of H-pyrrole nitrogens is 1. The van der Waals surface area contributed by atoms with E-state index in [0.717, 1.165) is 18.5 Å². The minimum atomic E-state index is -0.170. The fourth-order valence-corrected chi connectivity index (χ4v) is 2.72. The van der Waals surface area contributed by atoms with Crippen LogP contribution in [0.5, 0.6) is 0 Å². The number of hydrogen-bond donors (Lipinski definition) is 2. The second-order valence-corrected chi connectivity index (χ2v) is 5.54. The Labute approximate surface area is 124 Å². The zero-order chi connectivity index (χ0) is 14.8. The smallest absolute Gasteiger partial charge is 0.264 e. The molecule has 0 saturated heterocycles. The van der Waals surface area contributed by atoms with Crippen molar-refractivity contribution in [3.8, 4) is 0 Å². The standard InChI is InChI=1S/C14H14N4O2S/c1-2-3-9-7-12(19)18-13(16-9)21-14-17-10-6-8(15)4-5-11(10)20-14/h4-7H,2-3,15H2,1H3,(H,16,18,19). The molecular formula is C14H14N4O2S. The summed E-state index contributed by atoms with van der Waals surface area (Å²) in [6.45, 7) is 2.04. The molecule has 2 aromatic heterocycles. The summed E-state index contributed by atoms with van der Waals surface area (Å²) in [4.78, 5) is 23.0. The van der Waals surface area contributed by atoms with E-state index >= 15 is 0 Å². The van der Waals surface area contributed by atoms with Crippen LogP contribution in [0.2, 0.25) is 0 Å². The van der Waals surface area contributed by atoms with E-state index in [2.05, 4.69) is 15.0 Å². The molecule has 0 fully saturated rings. The van der Waals surface area contributed by atoms with Crippen molar-refractivity contribution in [2.75, 3.05) is 5.73 Å². The van der Waals surface area contributed by atoms with Gasteiger partial charge in [-0.15, -0.1) is 0 Å². The highest BCUT2D eigenvalue weighted by molar-refractivity contribution is 7.98. The first kappa shape index (κ1) is 13.7. The lowest BCUT2D eigenvalue weighted by atomic mass is 10.2. The normalized spacial score (nSPS) is 11.1. The van der Waals surface area contributed by atoms with Crippen molar-refractivity contribution in [1.82, 2.24) is 15.0 Å². The summed E-state index contributed by atoms with van der Waals surface area (Å²) in [6.07, 6.45) is 1.70. The maximum Gasteiger partial charge on any atom is 0.264 e. The lowest BCUT2D eigenvalue weighted by Gasteiger charge is -2.00. The first-order valence-corrected chi connectivity index (χ1v) is 7.40. The molecule has 0 bridgehead atoms. The third-order valence-electron chi connectivity index (χ3n) is 2.86. The lowest BCUT2D eigenvalue weighted by Crippen LogP contribution is -2.09. The molecule has 21 heavy (non-hydrogen) atoms. The molecule has 0 aliphatic rings. The summed E-state index contributed by atoms with van der Waals surface area (Å²) in [5, 5.41) is 0.901. The average Bonchev–Trinajstić information content (AvgIpc) is 2.79. The number of fused-ring (bicyclic) bond motifs is 1. The maximum atomic E-state index is 11.6. The molecule has 2 heterocycles. The van der Waals surface area contributed by atoms with Gasteiger partial charge >= 0.3 is 0 Å². The summed E-state index contributed by atoms with van der Waals surface area (Å²) < 4.78 is 5.60. The summed E-state index contributed by atoms with van der Waals surface area (Å²) in [6, 6.07) is 6.78. The van der Waals surface area contributed by atoms with Crippen molar-refractivity contribution in [2.24, 2.45) is 0 Å². The number of aromatic nitrogens is 3. The van der Waals surface area contributed by atoms with Crippen molar-refractivity contribution in [3.05, 3.63) is 40.3 Å². The number of aromatic amines is 1. The van der Waals surface area contributed by atoms with Gasteiger partial charge in [0, 0.05) is 29.2 Å². The van der Waals surface area contributed by atoms with Gasteiger partial charge in [0.1, 0.15) is 5.52 Å². The zero-order valence-corrected chi connectivity index (χ0v) is 12.2. The van der Waals surface area contributed by atoms with E-state index in [0.29, 0.717) is 27.2 Å². The summed E-state index contributed by atoms with van der Waals surface area (Å²) in [7, 11) is 0. The molecule has 1 aromatic carbocycles. The number of rotatable bonds is 4. The number of oxazole rings is 1. The van der Waals surface area contributed by atoms with E-state index in [4.69, 9.17) is 10.2 Å². The molecule has 108 valence electrons. The molecule has 0 atom stereocenters. The number of nitrogens with two attached hydrogens (primary N) is 1. The molecule has 3 aromatic rings. The van der Waals surface area contributed by atoms with E-state index in [1.807, 2.05) is 6.92 Å². The Morgan fingerprint density at radius 1 is 1.33 bits per heavy atom. The van der Waals surface area contributed by atoms with Gasteiger partial charge in [0.05, 0.1) is 0 Å². The van der Waals surface area contributed by atoms with Crippen LogP contribution in [-0.4, -0.2) is 15.0 Å². The number of nitrogens with one attached hydrogen (secondary N) is 1. The van der Waals surface area contributed by atoms with E-state index in [-0.39, 0.29) is 5.56 Å². The Balaban J connectivity index is 1.92. The Bertz CT molecular complexity index is 840. The molecule has 0 radical (unpaired) electrons. The second kappa shape index (κ2) is 5.61. The first-order chi connectivity index (χ1) is 10.1. The lowest BCUT2D eigenvalue weighted by molar-refractivity contribution is 0.488. The van der Waals surface area contributed by atoms with Crippen molar-refractivity contribution in [2.45, 2.75) is 30.1 Å². The topological polar surface area (TPSA) is 97.8 Å². The molecule has 0 aliphatic carbocycles. The predicted octanol–water partition coefficient (Wildman–Crippen LogP) is 2.60. The minimum Gasteiger partial charge on any atom is -0.431 e. The number of hydrogen-bond acceptors (Lipinski definition) is 6. The van der Waals surface area contributed by atoms with Crippen molar-refractivity contribution < 1.29 is 4.42 Å². The number of nitrogens with zero attached hydrogens (tertiary/aromatic N) is 2. The molecule has 3 rings (SSSR count). The quantitative estimate of drug-likeness (QED) is 0.568. The highest BCUT2D eigenvalue weighted by Gasteiger charge is 2.10. The van der Waals surface area contributed by atoms with Gasteiger partial charge in [-0.1, -0.05) is 13.3 Å². The number of nitrogen functional groups attached to an aromatic ring is 1. The summed E-state index contributed by atoms with van der Waals surface area (Å²) >= 11 is 1.19. The summed E-state index contributed by atoms with van der Waals surface area (Å²) in [5.41, 5.74) is 8.27. The second-order valence-electron chi connectivity index (χ2n) is 4.60. The van der Waals surface area contributed by atoms with E-state index in [9.17, 15) is 4.79 Å². The highest BCUT2D eigenvalue weighted by Crippen LogP contribution is 2.28. The summed E-state index contributed by atoms with van der Waals surface area (Å²) in [5.74, 6) is 0. The van der Waals surface area contributed by atoms with Crippen LogP contribution < -0.4 is 11.3 Å². The number of aryl methyl sites for hydroxylation is 1. The minimum absolute atomic E-state index is 0.170. The van der Waals surface area contributed by atoms with Crippen LogP contribution >= 0.6 is 11.8 Å². The van der Waals surface area contributed by atoms with Gasteiger partial charge in [0.25, 0.3) is 10.8 Å².